The van der Waals surface area contributed by atoms with Crippen LogP contribution in [0, 0.1) is 13.8 Å². The lowest BCUT2D eigenvalue weighted by Crippen LogP contribution is -2.29. The predicted octanol–water partition coefficient (Wildman–Crippen LogP) is 1.38. The largest absolute Gasteiger partial charge is 0.412 e. The van der Waals surface area contributed by atoms with Gasteiger partial charge in [-0.1, -0.05) is 12.1 Å². The van der Waals surface area contributed by atoms with Gasteiger partial charge in [0, 0.05) is 6.54 Å². The lowest BCUT2D eigenvalue weighted by atomic mass is 10.1. The van der Waals surface area contributed by atoms with E-state index in [1.54, 1.807) is 6.07 Å². The van der Waals surface area contributed by atoms with E-state index in [9.17, 15) is 4.79 Å². The number of rotatable bonds is 3. The number of hydrogen-bond donors (Lipinski definition) is 2. The van der Waals surface area contributed by atoms with Crippen LogP contribution in [0.5, 0.6) is 5.75 Å². The highest BCUT2D eigenvalue weighted by molar-refractivity contribution is 5.70. The molecule has 2 N–H and O–H groups in total. The van der Waals surface area contributed by atoms with E-state index in [0.717, 1.165) is 11.1 Å². The molecule has 0 spiro atoms. The molecule has 0 aromatic heterocycles. The molecular formula is C11H15NO3. The molecule has 0 atom stereocenters. The lowest BCUT2D eigenvalue weighted by molar-refractivity contribution is 0.195. The van der Waals surface area contributed by atoms with Crippen molar-refractivity contribution in [1.29, 1.82) is 0 Å². The van der Waals surface area contributed by atoms with E-state index < -0.39 is 6.09 Å². The average molecular weight is 209 g/mol. The summed E-state index contributed by atoms with van der Waals surface area (Å²) in [6, 6.07) is 5.52. The first-order valence-corrected chi connectivity index (χ1v) is 4.78. The van der Waals surface area contributed by atoms with Gasteiger partial charge in [-0.2, -0.15) is 0 Å². The number of ether oxygens (including phenoxy) is 1. The van der Waals surface area contributed by atoms with Gasteiger partial charge in [0.2, 0.25) is 0 Å². The van der Waals surface area contributed by atoms with Crippen molar-refractivity contribution >= 4 is 6.09 Å². The minimum absolute atomic E-state index is 0.0953. The smallest absolute Gasteiger partial charge is 0.410 e. The van der Waals surface area contributed by atoms with Crippen molar-refractivity contribution in [3.8, 4) is 5.75 Å². The highest BCUT2D eigenvalue weighted by Gasteiger charge is 2.06. The van der Waals surface area contributed by atoms with Crippen LogP contribution in [0.4, 0.5) is 4.79 Å². The molecule has 1 aromatic carbocycles. The number of hydrogen-bond acceptors (Lipinski definition) is 3. The third-order valence-electron chi connectivity index (χ3n) is 2.14. The van der Waals surface area contributed by atoms with Crippen molar-refractivity contribution in [2.75, 3.05) is 13.2 Å². The van der Waals surface area contributed by atoms with E-state index in [4.69, 9.17) is 9.84 Å². The fourth-order valence-electron chi connectivity index (χ4n) is 1.13. The summed E-state index contributed by atoms with van der Waals surface area (Å²) in [7, 11) is 0. The quantitative estimate of drug-likeness (QED) is 0.790. The third kappa shape index (κ3) is 3.25. The molecule has 0 aliphatic heterocycles. The molecule has 0 bridgehead atoms. The van der Waals surface area contributed by atoms with E-state index in [0.29, 0.717) is 5.75 Å². The Hall–Kier alpha value is -1.55. The zero-order valence-corrected chi connectivity index (χ0v) is 8.91. The van der Waals surface area contributed by atoms with Gasteiger partial charge in [0.25, 0.3) is 0 Å². The number of aliphatic hydroxyl groups is 1. The lowest BCUT2D eigenvalue weighted by Gasteiger charge is -2.09. The zero-order valence-electron chi connectivity index (χ0n) is 8.91. The standard InChI is InChI=1S/C11H15NO3/c1-8-4-3-5-10(9(8)2)15-11(14)12-6-7-13/h3-5,13H,6-7H2,1-2H3,(H,12,14). The minimum atomic E-state index is -0.544. The van der Waals surface area contributed by atoms with Crippen molar-refractivity contribution in [2.45, 2.75) is 13.8 Å². The molecule has 82 valence electrons. The molecule has 0 unspecified atom stereocenters. The molecule has 4 nitrogen and oxygen atoms in total. The van der Waals surface area contributed by atoms with Crippen molar-refractivity contribution in [3.63, 3.8) is 0 Å². The Morgan fingerprint density at radius 2 is 2.20 bits per heavy atom. The van der Waals surface area contributed by atoms with E-state index in [2.05, 4.69) is 5.32 Å². The number of aryl methyl sites for hydroxylation is 1. The molecule has 4 heteroatoms. The molecule has 1 aromatic rings. The van der Waals surface area contributed by atoms with Crippen LogP contribution >= 0.6 is 0 Å². The Bertz CT molecular complexity index is 350. The van der Waals surface area contributed by atoms with E-state index in [1.165, 1.54) is 0 Å². The molecule has 0 fully saturated rings. The van der Waals surface area contributed by atoms with Crippen LogP contribution in [0.15, 0.2) is 18.2 Å². The number of aliphatic hydroxyl groups excluding tert-OH is 1. The first-order valence-electron chi connectivity index (χ1n) is 4.78. The number of carbonyl (C=O) groups excluding carboxylic acids is 1. The van der Waals surface area contributed by atoms with Crippen molar-refractivity contribution in [1.82, 2.24) is 5.32 Å². The van der Waals surface area contributed by atoms with Crippen LogP contribution in [-0.4, -0.2) is 24.4 Å². The highest BCUT2D eigenvalue weighted by atomic mass is 16.6. The Kier molecular flexibility index (Phi) is 4.12. The van der Waals surface area contributed by atoms with E-state index in [1.807, 2.05) is 26.0 Å². The molecular weight excluding hydrogens is 194 g/mol. The van der Waals surface area contributed by atoms with Crippen molar-refractivity contribution in [2.24, 2.45) is 0 Å². The van der Waals surface area contributed by atoms with Gasteiger partial charge < -0.3 is 15.2 Å². The summed E-state index contributed by atoms with van der Waals surface area (Å²) in [4.78, 5) is 11.2. The van der Waals surface area contributed by atoms with Gasteiger partial charge in [-0.05, 0) is 31.0 Å². The summed E-state index contributed by atoms with van der Waals surface area (Å²) in [5, 5.41) is 10.9. The molecule has 0 saturated heterocycles. The van der Waals surface area contributed by atoms with Gasteiger partial charge in [0.05, 0.1) is 6.61 Å². The maximum absolute atomic E-state index is 11.2. The Morgan fingerprint density at radius 3 is 2.87 bits per heavy atom. The minimum Gasteiger partial charge on any atom is -0.410 e. The van der Waals surface area contributed by atoms with E-state index in [-0.39, 0.29) is 13.2 Å². The van der Waals surface area contributed by atoms with Crippen LogP contribution in [0.25, 0.3) is 0 Å². The second kappa shape index (κ2) is 5.36. The molecule has 1 rings (SSSR count). The van der Waals surface area contributed by atoms with Crippen molar-refractivity contribution in [3.05, 3.63) is 29.3 Å². The zero-order chi connectivity index (χ0) is 11.3. The highest BCUT2D eigenvalue weighted by Crippen LogP contribution is 2.20. The summed E-state index contributed by atoms with van der Waals surface area (Å²) in [6.07, 6.45) is -0.544. The monoisotopic (exact) mass is 209 g/mol. The number of benzene rings is 1. The first-order chi connectivity index (χ1) is 7.15. The molecule has 0 saturated carbocycles. The van der Waals surface area contributed by atoms with E-state index >= 15 is 0 Å². The summed E-state index contributed by atoms with van der Waals surface area (Å²) >= 11 is 0. The molecule has 0 radical (unpaired) electrons. The fourth-order valence-corrected chi connectivity index (χ4v) is 1.13. The normalized spacial score (nSPS) is 9.80. The van der Waals surface area contributed by atoms with Crippen LogP contribution in [0.3, 0.4) is 0 Å². The van der Waals surface area contributed by atoms with Crippen LogP contribution in [0.1, 0.15) is 11.1 Å². The van der Waals surface area contributed by atoms with Gasteiger partial charge in [0.15, 0.2) is 0 Å². The first kappa shape index (κ1) is 11.5. The summed E-state index contributed by atoms with van der Waals surface area (Å²) < 4.78 is 5.07. The summed E-state index contributed by atoms with van der Waals surface area (Å²) in [5.41, 5.74) is 2.01. The van der Waals surface area contributed by atoms with Gasteiger partial charge in [-0.3, -0.25) is 0 Å². The molecule has 15 heavy (non-hydrogen) atoms. The number of amides is 1. The van der Waals surface area contributed by atoms with Gasteiger partial charge in [-0.15, -0.1) is 0 Å². The van der Waals surface area contributed by atoms with Crippen LogP contribution in [-0.2, 0) is 0 Å². The van der Waals surface area contributed by atoms with Crippen molar-refractivity contribution < 1.29 is 14.6 Å². The Morgan fingerprint density at radius 1 is 1.47 bits per heavy atom. The summed E-state index contributed by atoms with van der Waals surface area (Å²) in [5.74, 6) is 0.547. The second-order valence-electron chi connectivity index (χ2n) is 3.24. The molecule has 0 heterocycles. The SMILES string of the molecule is Cc1cccc(OC(=O)NCCO)c1C. The van der Waals surface area contributed by atoms with Gasteiger partial charge in [-0.25, -0.2) is 4.79 Å². The second-order valence-corrected chi connectivity index (χ2v) is 3.24. The topological polar surface area (TPSA) is 58.6 Å². The van der Waals surface area contributed by atoms with Gasteiger partial charge in [0.1, 0.15) is 5.75 Å². The summed E-state index contributed by atoms with van der Waals surface area (Å²) in [6.45, 7) is 3.95. The number of nitrogens with one attached hydrogen (secondary N) is 1. The predicted molar refractivity (Wildman–Crippen MR) is 57.0 cm³/mol. The fraction of sp³-hybridized carbons (Fsp3) is 0.364. The molecule has 0 aliphatic rings. The Balaban J connectivity index is 2.64. The molecule has 0 aliphatic carbocycles. The molecule has 1 amide bonds. The van der Waals surface area contributed by atoms with Crippen LogP contribution in [0.2, 0.25) is 0 Å². The Labute approximate surface area is 88.9 Å². The van der Waals surface area contributed by atoms with Gasteiger partial charge >= 0.3 is 6.09 Å². The number of carbonyl (C=O) groups is 1. The third-order valence-corrected chi connectivity index (χ3v) is 2.14. The maximum atomic E-state index is 11.2. The maximum Gasteiger partial charge on any atom is 0.412 e. The average Bonchev–Trinajstić information content (AvgIpc) is 2.22. The van der Waals surface area contributed by atoms with Crippen LogP contribution < -0.4 is 10.1 Å².